The molecule has 112 valence electrons. The Morgan fingerprint density at radius 1 is 1.16 bits per heavy atom. The Bertz CT molecular complexity index is 260. The van der Waals surface area contributed by atoms with Crippen LogP contribution in [-0.2, 0) is 4.74 Å². The molecule has 0 saturated carbocycles. The summed E-state index contributed by atoms with van der Waals surface area (Å²) >= 11 is 0. The lowest BCUT2D eigenvalue weighted by Crippen LogP contribution is -2.59. The molecule has 0 N–H and O–H groups in total. The number of nitrogens with zero attached hydrogens (tertiary/aromatic N) is 3. The monoisotopic (exact) mass is 269 g/mol. The fraction of sp³-hybridized carbons (Fsp3) is 1.00. The highest BCUT2D eigenvalue weighted by molar-refractivity contribution is 4.88. The molecule has 2 heterocycles. The van der Waals surface area contributed by atoms with Crippen molar-refractivity contribution in [1.82, 2.24) is 14.7 Å². The van der Waals surface area contributed by atoms with E-state index in [1.165, 1.54) is 38.9 Å². The molecule has 2 aliphatic rings. The van der Waals surface area contributed by atoms with E-state index in [1.54, 1.807) is 0 Å². The fourth-order valence-corrected chi connectivity index (χ4v) is 3.26. The summed E-state index contributed by atoms with van der Waals surface area (Å²) in [7, 11) is 4.18. The zero-order valence-corrected chi connectivity index (χ0v) is 13.0. The molecule has 2 saturated heterocycles. The normalized spacial score (nSPS) is 29.7. The first-order valence-electron chi connectivity index (χ1n) is 7.87. The Morgan fingerprint density at radius 2 is 2.00 bits per heavy atom. The van der Waals surface area contributed by atoms with Crippen LogP contribution in [-0.4, -0.2) is 86.8 Å². The average molecular weight is 269 g/mol. The number of hydrogen-bond acceptors (Lipinski definition) is 4. The Kier molecular flexibility index (Phi) is 6.07. The van der Waals surface area contributed by atoms with Gasteiger partial charge in [-0.3, -0.25) is 9.80 Å². The van der Waals surface area contributed by atoms with Crippen molar-refractivity contribution < 1.29 is 4.74 Å². The lowest BCUT2D eigenvalue weighted by molar-refractivity contribution is -0.00162. The van der Waals surface area contributed by atoms with Crippen LogP contribution in [0.2, 0.25) is 0 Å². The standard InChI is InChI=1S/C15H31N3O/c1-14-12-18-7-5-4-6-15(18)13-17(14)9-11-19-10-8-16(2)3/h14-15H,4-13H2,1-3H3. The predicted molar refractivity (Wildman–Crippen MR) is 79.6 cm³/mol. The van der Waals surface area contributed by atoms with Crippen LogP contribution in [0, 0.1) is 0 Å². The zero-order chi connectivity index (χ0) is 13.7. The van der Waals surface area contributed by atoms with Crippen molar-refractivity contribution in [3.8, 4) is 0 Å². The van der Waals surface area contributed by atoms with Gasteiger partial charge in [-0.25, -0.2) is 0 Å². The lowest BCUT2D eigenvalue weighted by atomic mass is 9.97. The van der Waals surface area contributed by atoms with Crippen LogP contribution in [0.5, 0.6) is 0 Å². The Morgan fingerprint density at radius 3 is 2.79 bits per heavy atom. The van der Waals surface area contributed by atoms with Crippen LogP contribution in [0.15, 0.2) is 0 Å². The van der Waals surface area contributed by atoms with E-state index in [-0.39, 0.29) is 0 Å². The Hall–Kier alpha value is -0.160. The van der Waals surface area contributed by atoms with E-state index in [1.807, 2.05) is 0 Å². The molecule has 0 aromatic rings. The molecule has 19 heavy (non-hydrogen) atoms. The topological polar surface area (TPSA) is 19.0 Å². The van der Waals surface area contributed by atoms with Gasteiger partial charge < -0.3 is 9.64 Å². The molecule has 2 unspecified atom stereocenters. The van der Waals surface area contributed by atoms with Crippen molar-refractivity contribution >= 4 is 0 Å². The molecule has 4 heteroatoms. The van der Waals surface area contributed by atoms with Crippen molar-refractivity contribution in [1.29, 1.82) is 0 Å². The highest BCUT2D eigenvalue weighted by atomic mass is 16.5. The molecule has 0 radical (unpaired) electrons. The molecule has 2 fully saturated rings. The molecule has 0 aromatic heterocycles. The van der Waals surface area contributed by atoms with Crippen LogP contribution in [0.25, 0.3) is 0 Å². The summed E-state index contributed by atoms with van der Waals surface area (Å²) in [4.78, 5) is 7.50. The van der Waals surface area contributed by atoms with Crippen molar-refractivity contribution in [2.75, 3.05) is 60.0 Å². The van der Waals surface area contributed by atoms with Gasteiger partial charge in [0, 0.05) is 38.3 Å². The maximum atomic E-state index is 5.73. The molecule has 4 nitrogen and oxygen atoms in total. The largest absolute Gasteiger partial charge is 0.379 e. The van der Waals surface area contributed by atoms with Crippen LogP contribution >= 0.6 is 0 Å². The molecular weight excluding hydrogens is 238 g/mol. The van der Waals surface area contributed by atoms with Gasteiger partial charge in [-0.2, -0.15) is 0 Å². The minimum Gasteiger partial charge on any atom is -0.379 e. The summed E-state index contributed by atoms with van der Waals surface area (Å²) in [5.74, 6) is 0. The van der Waals surface area contributed by atoms with E-state index < -0.39 is 0 Å². The molecule has 0 aromatic carbocycles. The first kappa shape index (κ1) is 15.2. The predicted octanol–water partition coefficient (Wildman–Crippen LogP) is 1.12. The summed E-state index contributed by atoms with van der Waals surface area (Å²) in [6.45, 7) is 10.0. The molecule has 2 atom stereocenters. The SMILES string of the molecule is CC1CN2CCCCC2CN1CCOCCN(C)C. The van der Waals surface area contributed by atoms with Gasteiger partial charge in [0.05, 0.1) is 13.2 Å². The van der Waals surface area contributed by atoms with E-state index in [2.05, 4.69) is 35.7 Å². The van der Waals surface area contributed by atoms with E-state index in [4.69, 9.17) is 4.74 Å². The second-order valence-electron chi connectivity index (χ2n) is 6.40. The first-order chi connectivity index (χ1) is 9.16. The van der Waals surface area contributed by atoms with Gasteiger partial charge >= 0.3 is 0 Å². The maximum Gasteiger partial charge on any atom is 0.0594 e. The number of fused-ring (bicyclic) bond motifs is 1. The molecule has 0 amide bonds. The number of ether oxygens (including phenoxy) is 1. The van der Waals surface area contributed by atoms with Gasteiger partial charge in [0.1, 0.15) is 0 Å². The van der Waals surface area contributed by atoms with Crippen LogP contribution in [0.4, 0.5) is 0 Å². The van der Waals surface area contributed by atoms with Gasteiger partial charge in [0.2, 0.25) is 0 Å². The quantitative estimate of drug-likeness (QED) is 0.673. The number of hydrogen-bond donors (Lipinski definition) is 0. The molecule has 2 aliphatic heterocycles. The number of likely N-dealkylation sites (N-methyl/N-ethyl adjacent to an activating group) is 1. The zero-order valence-electron chi connectivity index (χ0n) is 13.0. The minimum atomic E-state index is 0.687. The second kappa shape index (κ2) is 7.58. The van der Waals surface area contributed by atoms with E-state index >= 15 is 0 Å². The van der Waals surface area contributed by atoms with Crippen molar-refractivity contribution in [3.05, 3.63) is 0 Å². The van der Waals surface area contributed by atoms with Gasteiger partial charge in [0.25, 0.3) is 0 Å². The third-order valence-electron chi connectivity index (χ3n) is 4.52. The van der Waals surface area contributed by atoms with Gasteiger partial charge in [-0.1, -0.05) is 6.42 Å². The van der Waals surface area contributed by atoms with Gasteiger partial charge in [0.15, 0.2) is 0 Å². The van der Waals surface area contributed by atoms with Crippen molar-refractivity contribution in [2.24, 2.45) is 0 Å². The summed E-state index contributed by atoms with van der Waals surface area (Å²) < 4.78 is 5.73. The van der Waals surface area contributed by atoms with Crippen molar-refractivity contribution in [2.45, 2.75) is 38.3 Å². The van der Waals surface area contributed by atoms with Crippen LogP contribution in [0.3, 0.4) is 0 Å². The number of piperazine rings is 1. The van der Waals surface area contributed by atoms with E-state index in [0.29, 0.717) is 6.04 Å². The average Bonchev–Trinajstić information content (AvgIpc) is 2.38. The smallest absolute Gasteiger partial charge is 0.0594 e. The number of rotatable bonds is 6. The third-order valence-corrected chi connectivity index (χ3v) is 4.52. The summed E-state index contributed by atoms with van der Waals surface area (Å²) in [6, 6.07) is 1.50. The van der Waals surface area contributed by atoms with E-state index in [9.17, 15) is 0 Å². The highest BCUT2D eigenvalue weighted by Crippen LogP contribution is 2.23. The second-order valence-corrected chi connectivity index (χ2v) is 6.40. The van der Waals surface area contributed by atoms with Crippen LogP contribution < -0.4 is 0 Å². The van der Waals surface area contributed by atoms with Crippen LogP contribution in [0.1, 0.15) is 26.2 Å². The lowest BCUT2D eigenvalue weighted by Gasteiger charge is -2.47. The fourth-order valence-electron chi connectivity index (χ4n) is 3.26. The summed E-state index contributed by atoms with van der Waals surface area (Å²) in [5.41, 5.74) is 0. The first-order valence-corrected chi connectivity index (χ1v) is 7.87. The Balaban J connectivity index is 1.65. The molecule has 2 rings (SSSR count). The molecule has 0 aliphatic carbocycles. The van der Waals surface area contributed by atoms with Gasteiger partial charge in [-0.15, -0.1) is 0 Å². The third kappa shape index (κ3) is 4.71. The maximum absolute atomic E-state index is 5.73. The Labute approximate surface area is 118 Å². The highest BCUT2D eigenvalue weighted by Gasteiger charge is 2.32. The minimum absolute atomic E-state index is 0.687. The molecule has 0 spiro atoms. The number of piperidine rings is 1. The van der Waals surface area contributed by atoms with Gasteiger partial charge in [-0.05, 0) is 40.4 Å². The van der Waals surface area contributed by atoms with Crippen molar-refractivity contribution in [3.63, 3.8) is 0 Å². The summed E-state index contributed by atoms with van der Waals surface area (Å²) in [5, 5.41) is 0. The van der Waals surface area contributed by atoms with E-state index in [0.717, 1.165) is 32.3 Å². The molecule has 0 bridgehead atoms. The molecular formula is C15H31N3O. The summed E-state index contributed by atoms with van der Waals surface area (Å²) in [6.07, 6.45) is 4.21.